The summed E-state index contributed by atoms with van der Waals surface area (Å²) < 4.78 is 13.6. The van der Waals surface area contributed by atoms with E-state index in [0.29, 0.717) is 17.8 Å². The Morgan fingerprint density at radius 1 is 0.914 bits per heavy atom. The maximum atomic E-state index is 13.6. The van der Waals surface area contributed by atoms with Crippen LogP contribution in [0, 0.1) is 18.7 Å². The van der Waals surface area contributed by atoms with Crippen molar-refractivity contribution in [2.24, 2.45) is 5.92 Å². The van der Waals surface area contributed by atoms with Crippen molar-refractivity contribution in [1.29, 1.82) is 0 Å². The van der Waals surface area contributed by atoms with E-state index < -0.39 is 11.7 Å². The lowest BCUT2D eigenvalue weighted by molar-refractivity contribution is 0.0628. The summed E-state index contributed by atoms with van der Waals surface area (Å²) in [5.74, 6) is -0.637. The van der Waals surface area contributed by atoms with E-state index in [2.05, 4.69) is 26.1 Å². The van der Waals surface area contributed by atoms with Gasteiger partial charge in [0.05, 0.1) is 0 Å². The molecule has 0 heterocycles. The molecule has 2 amide bonds. The molecular formula is C29H34FN3O2. The van der Waals surface area contributed by atoms with Gasteiger partial charge in [0, 0.05) is 49.2 Å². The average Bonchev–Trinajstić information content (AvgIpc) is 2.81. The van der Waals surface area contributed by atoms with Crippen LogP contribution in [-0.4, -0.2) is 36.9 Å². The second kappa shape index (κ2) is 11.2. The van der Waals surface area contributed by atoms with E-state index in [9.17, 15) is 14.0 Å². The highest BCUT2D eigenvalue weighted by Gasteiger charge is 2.25. The van der Waals surface area contributed by atoms with Gasteiger partial charge in [-0.05, 0) is 73.9 Å². The summed E-state index contributed by atoms with van der Waals surface area (Å²) in [5, 5.41) is 2.86. The van der Waals surface area contributed by atoms with Gasteiger partial charge in [-0.25, -0.2) is 4.39 Å². The third-order valence-corrected chi connectivity index (χ3v) is 6.23. The maximum Gasteiger partial charge on any atom is 0.255 e. The van der Waals surface area contributed by atoms with Gasteiger partial charge in [-0.1, -0.05) is 37.6 Å². The number of rotatable bonds is 8. The van der Waals surface area contributed by atoms with Crippen molar-refractivity contribution in [3.05, 3.63) is 94.8 Å². The molecule has 0 spiro atoms. The Morgan fingerprint density at radius 2 is 1.60 bits per heavy atom. The zero-order valence-electron chi connectivity index (χ0n) is 21.3. The van der Waals surface area contributed by atoms with Crippen molar-refractivity contribution >= 4 is 23.2 Å². The molecule has 3 aromatic carbocycles. The average molecular weight is 476 g/mol. The first-order valence-corrected chi connectivity index (χ1v) is 11.8. The lowest BCUT2D eigenvalue weighted by atomic mass is 10.0. The van der Waals surface area contributed by atoms with Crippen molar-refractivity contribution in [3.8, 4) is 0 Å². The van der Waals surface area contributed by atoms with Gasteiger partial charge in [-0.15, -0.1) is 0 Å². The quantitative estimate of drug-likeness (QED) is 0.426. The van der Waals surface area contributed by atoms with Crippen molar-refractivity contribution in [2.45, 2.75) is 40.3 Å². The number of carbonyl (C=O) groups excluding carboxylic acids is 2. The Bertz CT molecular complexity index is 1210. The third kappa shape index (κ3) is 6.47. The Labute approximate surface area is 207 Å². The smallest absolute Gasteiger partial charge is 0.255 e. The lowest BCUT2D eigenvalue weighted by Gasteiger charge is -2.33. The summed E-state index contributed by atoms with van der Waals surface area (Å²) in [4.78, 5) is 30.2. The molecule has 0 aliphatic carbocycles. The molecule has 0 unspecified atom stereocenters. The summed E-state index contributed by atoms with van der Waals surface area (Å²) in [5.41, 5.74) is 4.36. The number of benzene rings is 3. The van der Waals surface area contributed by atoms with Crippen LogP contribution < -0.4 is 10.2 Å². The van der Waals surface area contributed by atoms with E-state index in [1.807, 2.05) is 73.3 Å². The molecule has 0 saturated heterocycles. The maximum absolute atomic E-state index is 13.6. The fourth-order valence-corrected chi connectivity index (χ4v) is 3.95. The molecule has 3 rings (SSSR count). The van der Waals surface area contributed by atoms with Gasteiger partial charge in [0.15, 0.2) is 0 Å². The predicted molar refractivity (Wildman–Crippen MR) is 140 cm³/mol. The summed E-state index contributed by atoms with van der Waals surface area (Å²) in [6.45, 7) is 8.61. The van der Waals surface area contributed by atoms with Crippen LogP contribution in [0.3, 0.4) is 0 Å². The monoisotopic (exact) mass is 475 g/mol. The van der Waals surface area contributed by atoms with E-state index >= 15 is 0 Å². The van der Waals surface area contributed by atoms with Crippen LogP contribution in [0.2, 0.25) is 0 Å². The van der Waals surface area contributed by atoms with Gasteiger partial charge < -0.3 is 15.1 Å². The van der Waals surface area contributed by atoms with Crippen LogP contribution in [0.25, 0.3) is 0 Å². The molecule has 0 fully saturated rings. The van der Waals surface area contributed by atoms with E-state index in [1.165, 1.54) is 18.2 Å². The standard InChI is InChI=1S/C29H34FN3O2/c1-19(2)21(4)33(29(35)23-11-7-9-20(3)15-23)18-24-17-26(13-14-27(24)32(5)6)31-28(34)22-10-8-12-25(30)16-22/h7-17,19,21H,18H2,1-6H3,(H,31,34)/t21-/m1/s1. The van der Waals surface area contributed by atoms with Crippen molar-refractivity contribution in [1.82, 2.24) is 4.90 Å². The number of aryl methyl sites for hydroxylation is 1. The summed E-state index contributed by atoms with van der Waals surface area (Å²) in [6.07, 6.45) is 0. The molecule has 184 valence electrons. The van der Waals surface area contributed by atoms with Crippen molar-refractivity contribution in [3.63, 3.8) is 0 Å². The Hall–Kier alpha value is -3.67. The fourth-order valence-electron chi connectivity index (χ4n) is 3.95. The zero-order chi connectivity index (χ0) is 25.7. The lowest BCUT2D eigenvalue weighted by Crippen LogP contribution is -2.41. The summed E-state index contributed by atoms with van der Waals surface area (Å²) >= 11 is 0. The molecule has 0 aliphatic heterocycles. The molecule has 0 aliphatic rings. The van der Waals surface area contributed by atoms with Gasteiger partial charge in [0.25, 0.3) is 11.8 Å². The number of hydrogen-bond donors (Lipinski definition) is 1. The molecule has 0 saturated carbocycles. The topological polar surface area (TPSA) is 52.7 Å². The van der Waals surface area contributed by atoms with E-state index in [0.717, 1.165) is 16.8 Å². The normalized spacial score (nSPS) is 11.8. The second-order valence-corrected chi connectivity index (χ2v) is 9.49. The Kier molecular flexibility index (Phi) is 8.28. The third-order valence-electron chi connectivity index (χ3n) is 6.23. The van der Waals surface area contributed by atoms with Gasteiger partial charge in [0.2, 0.25) is 0 Å². The molecule has 3 aromatic rings. The largest absolute Gasteiger partial charge is 0.377 e. The first kappa shape index (κ1) is 25.9. The van der Waals surface area contributed by atoms with Gasteiger partial charge in [-0.2, -0.15) is 0 Å². The minimum Gasteiger partial charge on any atom is -0.377 e. The first-order valence-electron chi connectivity index (χ1n) is 11.8. The molecule has 1 atom stereocenters. The second-order valence-electron chi connectivity index (χ2n) is 9.49. The predicted octanol–water partition coefficient (Wildman–Crippen LogP) is 6.14. The minimum atomic E-state index is -0.464. The fraction of sp³-hybridized carbons (Fsp3) is 0.310. The minimum absolute atomic E-state index is 0.0106. The van der Waals surface area contributed by atoms with Crippen LogP contribution in [0.4, 0.5) is 15.8 Å². The number of anilines is 2. The number of nitrogens with zero attached hydrogens (tertiary/aromatic N) is 2. The number of carbonyl (C=O) groups is 2. The molecular weight excluding hydrogens is 441 g/mol. The summed E-state index contributed by atoms with van der Waals surface area (Å²) in [7, 11) is 3.89. The highest BCUT2D eigenvalue weighted by atomic mass is 19.1. The van der Waals surface area contributed by atoms with Crippen LogP contribution >= 0.6 is 0 Å². The van der Waals surface area contributed by atoms with Crippen LogP contribution in [0.15, 0.2) is 66.7 Å². The zero-order valence-corrected chi connectivity index (χ0v) is 21.3. The van der Waals surface area contributed by atoms with E-state index in [-0.39, 0.29) is 23.4 Å². The SMILES string of the molecule is Cc1cccc(C(=O)N(Cc2cc(NC(=O)c3cccc(F)c3)ccc2N(C)C)[C@H](C)C(C)C)c1. The van der Waals surface area contributed by atoms with Gasteiger partial charge in [-0.3, -0.25) is 9.59 Å². The molecule has 6 heteroatoms. The van der Waals surface area contributed by atoms with E-state index in [1.54, 1.807) is 6.07 Å². The van der Waals surface area contributed by atoms with Crippen molar-refractivity contribution in [2.75, 3.05) is 24.3 Å². The van der Waals surface area contributed by atoms with Gasteiger partial charge in [0.1, 0.15) is 5.82 Å². The molecule has 0 bridgehead atoms. The van der Waals surface area contributed by atoms with Crippen LogP contribution in [0.1, 0.15) is 52.6 Å². The Balaban J connectivity index is 1.96. The van der Waals surface area contributed by atoms with Gasteiger partial charge >= 0.3 is 0 Å². The highest BCUT2D eigenvalue weighted by molar-refractivity contribution is 6.04. The molecule has 0 aromatic heterocycles. The summed E-state index contributed by atoms with van der Waals surface area (Å²) in [6, 6.07) is 18.8. The molecule has 1 N–H and O–H groups in total. The first-order chi connectivity index (χ1) is 16.6. The van der Waals surface area contributed by atoms with E-state index in [4.69, 9.17) is 0 Å². The number of halogens is 1. The number of hydrogen-bond acceptors (Lipinski definition) is 3. The Morgan fingerprint density at radius 3 is 2.23 bits per heavy atom. The highest BCUT2D eigenvalue weighted by Crippen LogP contribution is 2.27. The number of nitrogens with one attached hydrogen (secondary N) is 1. The molecule has 0 radical (unpaired) electrons. The number of amides is 2. The molecule has 35 heavy (non-hydrogen) atoms. The van der Waals surface area contributed by atoms with Crippen LogP contribution in [-0.2, 0) is 6.54 Å². The van der Waals surface area contributed by atoms with Crippen molar-refractivity contribution < 1.29 is 14.0 Å². The van der Waals surface area contributed by atoms with Crippen LogP contribution in [0.5, 0.6) is 0 Å². The molecule has 5 nitrogen and oxygen atoms in total.